The van der Waals surface area contributed by atoms with Crippen LogP contribution < -0.4 is 15.0 Å². The molecular weight excluding hydrogens is 482 g/mol. The summed E-state index contributed by atoms with van der Waals surface area (Å²) in [6.07, 6.45) is 4.53. The number of methoxy groups -OCH3 is 1. The molecule has 3 N–H and O–H groups in total. The Morgan fingerprint density at radius 1 is 1.11 bits per heavy atom. The predicted octanol–water partition coefficient (Wildman–Crippen LogP) is 2.67. The topological polar surface area (TPSA) is 111 Å². The average molecular weight is 510 g/mol. The van der Waals surface area contributed by atoms with Gasteiger partial charge in [0.1, 0.15) is 17.1 Å². The molecule has 10 nitrogen and oxygen atoms in total. The maximum Gasteiger partial charge on any atom is 0.227 e. The number of piperazine rings is 1. The molecule has 1 saturated heterocycles. The van der Waals surface area contributed by atoms with E-state index in [2.05, 4.69) is 30.1 Å². The molecule has 4 aromatic rings. The van der Waals surface area contributed by atoms with E-state index in [1.165, 1.54) is 0 Å². The molecule has 5 rings (SSSR count). The van der Waals surface area contributed by atoms with Crippen LogP contribution in [0, 0.1) is 0 Å². The minimum Gasteiger partial charge on any atom is -0.494 e. The second-order valence-corrected chi connectivity index (χ2v) is 9.00. The van der Waals surface area contributed by atoms with E-state index in [0.717, 1.165) is 48.9 Å². The van der Waals surface area contributed by atoms with Crippen molar-refractivity contribution in [2.45, 2.75) is 6.10 Å². The van der Waals surface area contributed by atoms with Gasteiger partial charge in [-0.25, -0.2) is 15.0 Å². The van der Waals surface area contributed by atoms with E-state index in [4.69, 9.17) is 21.4 Å². The van der Waals surface area contributed by atoms with Crippen molar-refractivity contribution in [2.75, 3.05) is 56.7 Å². The van der Waals surface area contributed by atoms with Gasteiger partial charge in [0, 0.05) is 50.7 Å². The fraction of sp³-hybridized carbons (Fsp3) is 0.320. The van der Waals surface area contributed by atoms with E-state index in [-0.39, 0.29) is 6.61 Å². The molecule has 0 bridgehead atoms. The minimum absolute atomic E-state index is 0.218. The zero-order valence-electron chi connectivity index (χ0n) is 19.9. The summed E-state index contributed by atoms with van der Waals surface area (Å²) in [5.41, 5.74) is 3.93. The quantitative estimate of drug-likeness (QED) is 0.330. The van der Waals surface area contributed by atoms with Crippen LogP contribution in [0.5, 0.6) is 5.75 Å². The number of nitrogens with zero attached hydrogens (tertiary/aromatic N) is 6. The highest BCUT2D eigenvalue weighted by Gasteiger charge is 2.20. The van der Waals surface area contributed by atoms with Gasteiger partial charge in [0.05, 0.1) is 48.6 Å². The van der Waals surface area contributed by atoms with Crippen LogP contribution in [0.3, 0.4) is 0 Å². The third kappa shape index (κ3) is 5.07. The number of anilines is 3. The lowest BCUT2D eigenvalue weighted by Crippen LogP contribution is -2.49. The number of halogens is 1. The highest BCUT2D eigenvalue weighted by atomic mass is 35.5. The number of ether oxygens (including phenoxy) is 1. The third-order valence-electron chi connectivity index (χ3n) is 6.25. The Morgan fingerprint density at radius 2 is 1.94 bits per heavy atom. The summed E-state index contributed by atoms with van der Waals surface area (Å²) in [4.78, 5) is 17.9. The predicted molar refractivity (Wildman–Crippen MR) is 139 cm³/mol. The van der Waals surface area contributed by atoms with Gasteiger partial charge in [-0.2, -0.15) is 0 Å². The van der Waals surface area contributed by atoms with Crippen LogP contribution >= 0.6 is 11.6 Å². The van der Waals surface area contributed by atoms with E-state index >= 15 is 0 Å². The summed E-state index contributed by atoms with van der Waals surface area (Å²) in [6, 6.07) is 11.7. The first kappa shape index (κ1) is 24.3. The summed E-state index contributed by atoms with van der Waals surface area (Å²) in [5.74, 6) is 1.06. The van der Waals surface area contributed by atoms with Gasteiger partial charge in [-0.05, 0) is 24.3 Å². The first-order valence-corrected chi connectivity index (χ1v) is 12.1. The van der Waals surface area contributed by atoms with E-state index in [1.807, 2.05) is 47.0 Å². The largest absolute Gasteiger partial charge is 0.494 e. The van der Waals surface area contributed by atoms with Gasteiger partial charge in [0.2, 0.25) is 5.95 Å². The summed E-state index contributed by atoms with van der Waals surface area (Å²) in [6.45, 7) is 3.51. The Kier molecular flexibility index (Phi) is 7.19. The molecule has 0 unspecified atom stereocenters. The molecule has 36 heavy (non-hydrogen) atoms. The number of hydrogen-bond acceptors (Lipinski definition) is 9. The summed E-state index contributed by atoms with van der Waals surface area (Å²) < 4.78 is 7.59. The molecule has 1 fully saturated rings. The van der Waals surface area contributed by atoms with Crippen molar-refractivity contribution in [1.82, 2.24) is 24.3 Å². The highest BCUT2D eigenvalue weighted by molar-refractivity contribution is 6.32. The number of nitrogens with one attached hydrogen (secondary N) is 1. The van der Waals surface area contributed by atoms with Crippen LogP contribution in [0.2, 0.25) is 5.02 Å². The van der Waals surface area contributed by atoms with Crippen LogP contribution in [0.15, 0.2) is 55.0 Å². The second kappa shape index (κ2) is 10.7. The van der Waals surface area contributed by atoms with Gasteiger partial charge in [-0.3, -0.25) is 9.30 Å². The molecule has 0 saturated carbocycles. The monoisotopic (exact) mass is 509 g/mol. The van der Waals surface area contributed by atoms with Crippen molar-refractivity contribution in [2.24, 2.45) is 0 Å². The minimum atomic E-state index is -0.703. The molecule has 188 valence electrons. The van der Waals surface area contributed by atoms with Crippen molar-refractivity contribution in [3.63, 3.8) is 0 Å². The molecule has 1 aliphatic rings. The van der Waals surface area contributed by atoms with Gasteiger partial charge in [-0.1, -0.05) is 17.7 Å². The van der Waals surface area contributed by atoms with Crippen LogP contribution in [-0.2, 0) is 0 Å². The van der Waals surface area contributed by atoms with Crippen LogP contribution in [-0.4, -0.2) is 87.0 Å². The molecule has 1 aliphatic heterocycles. The number of aliphatic hydroxyl groups excluding tert-OH is 2. The molecular formula is C25H28ClN7O3. The van der Waals surface area contributed by atoms with Crippen LogP contribution in [0.1, 0.15) is 0 Å². The lowest BCUT2D eigenvalue weighted by molar-refractivity contribution is 0.0575. The Hall–Kier alpha value is -3.44. The Balaban J connectivity index is 1.33. The number of β-amino-alcohol motifs (C(OH)–C–C–N with tert-alkyl or cyclic N) is 1. The van der Waals surface area contributed by atoms with E-state index < -0.39 is 6.10 Å². The normalized spacial score (nSPS) is 15.3. The van der Waals surface area contributed by atoms with Gasteiger partial charge < -0.3 is 25.2 Å². The fourth-order valence-electron chi connectivity index (χ4n) is 4.36. The molecule has 3 aromatic heterocycles. The molecule has 1 atom stereocenters. The Labute approximate surface area is 213 Å². The van der Waals surface area contributed by atoms with Crippen molar-refractivity contribution in [3.05, 3.63) is 60.0 Å². The van der Waals surface area contributed by atoms with Crippen LogP contribution in [0.4, 0.5) is 17.3 Å². The van der Waals surface area contributed by atoms with E-state index in [0.29, 0.717) is 29.0 Å². The van der Waals surface area contributed by atoms with Crippen LogP contribution in [0.25, 0.3) is 17.0 Å². The van der Waals surface area contributed by atoms with Crippen molar-refractivity contribution in [1.29, 1.82) is 0 Å². The molecule has 1 aromatic carbocycles. The number of imidazole rings is 1. The zero-order chi connectivity index (χ0) is 25.1. The smallest absolute Gasteiger partial charge is 0.227 e. The second-order valence-electron chi connectivity index (χ2n) is 8.60. The summed E-state index contributed by atoms with van der Waals surface area (Å²) >= 11 is 6.45. The molecule has 11 heteroatoms. The number of aromatic nitrogens is 4. The number of benzene rings is 1. The molecule has 0 radical (unpaired) electrons. The lowest BCUT2D eigenvalue weighted by Gasteiger charge is -2.36. The number of rotatable bonds is 8. The first-order valence-electron chi connectivity index (χ1n) is 11.7. The van der Waals surface area contributed by atoms with E-state index in [9.17, 15) is 5.11 Å². The molecule has 4 heterocycles. The summed E-state index contributed by atoms with van der Waals surface area (Å²) in [5, 5.41) is 22.5. The third-order valence-corrected chi connectivity index (χ3v) is 6.53. The molecule has 0 aliphatic carbocycles. The Bertz CT molecular complexity index is 1340. The van der Waals surface area contributed by atoms with Gasteiger partial charge in [0.25, 0.3) is 0 Å². The lowest BCUT2D eigenvalue weighted by atomic mass is 10.2. The van der Waals surface area contributed by atoms with Gasteiger partial charge in [-0.15, -0.1) is 0 Å². The zero-order valence-corrected chi connectivity index (χ0v) is 20.6. The molecule has 0 amide bonds. The van der Waals surface area contributed by atoms with Crippen molar-refractivity contribution >= 4 is 34.6 Å². The van der Waals surface area contributed by atoms with Crippen molar-refractivity contribution < 1.29 is 14.9 Å². The number of fused-ring (bicyclic) bond motifs is 1. The van der Waals surface area contributed by atoms with Crippen molar-refractivity contribution in [3.8, 4) is 17.1 Å². The first-order chi connectivity index (χ1) is 17.6. The fourth-order valence-corrected chi connectivity index (χ4v) is 4.55. The van der Waals surface area contributed by atoms with E-state index in [1.54, 1.807) is 19.5 Å². The maximum atomic E-state index is 9.70. The average Bonchev–Trinajstić information content (AvgIpc) is 3.34. The maximum absolute atomic E-state index is 9.70. The van der Waals surface area contributed by atoms with Gasteiger partial charge >= 0.3 is 0 Å². The highest BCUT2D eigenvalue weighted by Crippen LogP contribution is 2.33. The summed E-state index contributed by atoms with van der Waals surface area (Å²) in [7, 11) is 1.63. The Morgan fingerprint density at radius 3 is 2.72 bits per heavy atom. The number of hydrogen-bond donors (Lipinski definition) is 3. The van der Waals surface area contributed by atoms with Gasteiger partial charge in [0.15, 0.2) is 0 Å². The number of pyridine rings is 1. The number of aliphatic hydroxyl groups is 2. The SMILES string of the molecule is COc1cc(N2CCN(C[C@@H](O)CO)CC2)ccc1Nc1ncc(Cl)c(-c2cnc3ccccn23)n1. The molecule has 0 spiro atoms. The standard InChI is InChI=1S/C25H28ClN7O3/c1-36-22-12-17(32-10-8-31(9-11-32)15-18(35)16-34)5-6-20(22)29-25-28-13-19(26)24(30-25)21-14-27-23-4-2-3-7-33(21)23/h2-7,12-14,18,34-35H,8-11,15-16H2,1H3,(H,28,29,30)/t18-/m1/s1.